The molecular formula is C16H10FN5O2S. The van der Waals surface area contributed by atoms with Crippen LogP contribution in [0.3, 0.4) is 0 Å². The molecule has 7 nitrogen and oxygen atoms in total. The number of rotatable bonds is 3. The van der Waals surface area contributed by atoms with Gasteiger partial charge in [0, 0.05) is 28.7 Å². The molecule has 0 saturated heterocycles. The topological polar surface area (TPSA) is 85.9 Å². The Labute approximate surface area is 145 Å². The number of benzene rings is 2. The van der Waals surface area contributed by atoms with Crippen molar-refractivity contribution in [1.82, 2.24) is 14.9 Å². The smallest absolute Gasteiger partial charge is 0.269 e. The lowest BCUT2D eigenvalue weighted by Gasteiger charge is -2.19. The Hall–Kier alpha value is -3.20. The van der Waals surface area contributed by atoms with E-state index < -0.39 is 4.92 Å². The number of aromatic nitrogens is 3. The van der Waals surface area contributed by atoms with Crippen LogP contribution < -0.4 is 5.43 Å². The van der Waals surface area contributed by atoms with Crippen LogP contribution in [0.2, 0.25) is 0 Å². The van der Waals surface area contributed by atoms with Crippen LogP contribution in [-0.2, 0) is 0 Å². The summed E-state index contributed by atoms with van der Waals surface area (Å²) in [6, 6.07) is 12.3. The fraction of sp³-hybridized carbons (Fsp3) is 0. The van der Waals surface area contributed by atoms with E-state index in [-0.39, 0.29) is 11.5 Å². The number of nitrogens with zero attached hydrogens (tertiary/aromatic N) is 4. The molecule has 4 rings (SSSR count). The van der Waals surface area contributed by atoms with Gasteiger partial charge in [-0.25, -0.2) is 9.07 Å². The van der Waals surface area contributed by atoms with Gasteiger partial charge >= 0.3 is 0 Å². The molecule has 3 aromatic rings. The van der Waals surface area contributed by atoms with Gasteiger partial charge in [0.25, 0.3) is 5.69 Å². The van der Waals surface area contributed by atoms with Crippen molar-refractivity contribution < 1.29 is 9.31 Å². The molecule has 0 bridgehead atoms. The monoisotopic (exact) mass is 355 g/mol. The van der Waals surface area contributed by atoms with Gasteiger partial charge in [-0.2, -0.15) is 0 Å². The van der Waals surface area contributed by atoms with E-state index in [9.17, 15) is 14.5 Å². The zero-order chi connectivity index (χ0) is 17.4. The number of nitro benzene ring substituents is 1. The fourth-order valence-electron chi connectivity index (χ4n) is 2.42. The van der Waals surface area contributed by atoms with Crippen molar-refractivity contribution in [3.63, 3.8) is 0 Å². The lowest BCUT2D eigenvalue weighted by molar-refractivity contribution is -0.384. The molecule has 0 radical (unpaired) electrons. The number of nitro groups is 1. The number of hydrogen-bond donors (Lipinski definition) is 1. The Bertz CT molecular complexity index is 1000. The number of thioether (sulfide) groups is 1. The van der Waals surface area contributed by atoms with Crippen molar-refractivity contribution in [1.29, 1.82) is 0 Å². The highest BCUT2D eigenvalue weighted by atomic mass is 32.2. The van der Waals surface area contributed by atoms with E-state index in [0.717, 1.165) is 11.3 Å². The Balaban J connectivity index is 1.67. The van der Waals surface area contributed by atoms with Crippen LogP contribution in [0.25, 0.3) is 17.1 Å². The zero-order valence-electron chi connectivity index (χ0n) is 12.6. The molecule has 0 unspecified atom stereocenters. The van der Waals surface area contributed by atoms with Crippen LogP contribution in [0.15, 0.2) is 59.1 Å². The van der Waals surface area contributed by atoms with E-state index in [0.29, 0.717) is 16.5 Å². The molecule has 124 valence electrons. The third-order valence-corrected chi connectivity index (χ3v) is 4.45. The van der Waals surface area contributed by atoms with Gasteiger partial charge in [-0.05, 0) is 24.3 Å². The zero-order valence-corrected chi connectivity index (χ0v) is 13.4. The number of nitrogens with one attached hydrogen (secondary N) is 1. The molecule has 1 aromatic heterocycles. The molecule has 2 aromatic carbocycles. The molecular weight excluding hydrogens is 345 g/mol. The fourth-order valence-corrected chi connectivity index (χ4v) is 3.15. The predicted molar refractivity (Wildman–Crippen MR) is 91.7 cm³/mol. The van der Waals surface area contributed by atoms with Crippen molar-refractivity contribution in [3.05, 3.63) is 75.4 Å². The second-order valence-electron chi connectivity index (χ2n) is 5.22. The van der Waals surface area contributed by atoms with E-state index in [1.165, 1.54) is 36.0 Å². The quantitative estimate of drug-likeness (QED) is 0.570. The van der Waals surface area contributed by atoms with Crippen LogP contribution in [0.1, 0.15) is 5.56 Å². The minimum Gasteiger partial charge on any atom is -0.289 e. The average molecular weight is 355 g/mol. The Morgan fingerprint density at radius 2 is 1.92 bits per heavy atom. The molecule has 0 atom stereocenters. The van der Waals surface area contributed by atoms with Gasteiger partial charge in [0.2, 0.25) is 5.16 Å². The first-order valence-corrected chi connectivity index (χ1v) is 8.10. The molecule has 0 spiro atoms. The van der Waals surface area contributed by atoms with Gasteiger partial charge in [0.15, 0.2) is 5.82 Å². The number of hydrogen-bond acceptors (Lipinski definition) is 6. The van der Waals surface area contributed by atoms with Gasteiger partial charge in [0.1, 0.15) is 5.82 Å². The van der Waals surface area contributed by atoms with Crippen LogP contribution in [-0.4, -0.2) is 19.8 Å². The lowest BCUT2D eigenvalue weighted by Crippen LogP contribution is -2.18. The summed E-state index contributed by atoms with van der Waals surface area (Å²) in [5, 5.41) is 21.4. The Morgan fingerprint density at radius 1 is 1.12 bits per heavy atom. The highest BCUT2D eigenvalue weighted by molar-refractivity contribution is 8.02. The van der Waals surface area contributed by atoms with E-state index in [1.54, 1.807) is 28.9 Å². The third-order valence-electron chi connectivity index (χ3n) is 3.62. The van der Waals surface area contributed by atoms with Crippen molar-refractivity contribution >= 4 is 23.1 Å². The first-order chi connectivity index (χ1) is 12.1. The maximum absolute atomic E-state index is 13.5. The normalized spacial score (nSPS) is 12.9. The summed E-state index contributed by atoms with van der Waals surface area (Å²) in [6.45, 7) is 0. The molecule has 0 saturated carbocycles. The molecule has 25 heavy (non-hydrogen) atoms. The van der Waals surface area contributed by atoms with Gasteiger partial charge in [-0.3, -0.25) is 15.5 Å². The standard InChI is InChI=1S/C16H10FN5O2S/c17-12-3-1-2-11(8-12)15-18-19-16-21(15)20-14(9-25-16)10-4-6-13(7-5-10)22(23)24/h1-9,20H. The Kier molecular flexibility index (Phi) is 3.69. The SMILES string of the molecule is O=[N+]([O-])c1ccc(C2=CSc3nnc(-c4cccc(F)c4)n3N2)cc1. The van der Waals surface area contributed by atoms with Crippen molar-refractivity contribution in [2.45, 2.75) is 5.16 Å². The van der Waals surface area contributed by atoms with Crippen molar-refractivity contribution in [2.24, 2.45) is 0 Å². The largest absolute Gasteiger partial charge is 0.289 e. The van der Waals surface area contributed by atoms with Gasteiger partial charge in [-0.15, -0.1) is 10.2 Å². The first-order valence-electron chi connectivity index (χ1n) is 7.22. The molecule has 0 fully saturated rings. The highest BCUT2D eigenvalue weighted by Crippen LogP contribution is 2.31. The summed E-state index contributed by atoms with van der Waals surface area (Å²) in [5.74, 6) is 0.124. The maximum Gasteiger partial charge on any atom is 0.269 e. The van der Waals surface area contributed by atoms with Gasteiger partial charge in [-0.1, -0.05) is 23.9 Å². The van der Waals surface area contributed by atoms with E-state index >= 15 is 0 Å². The molecule has 1 aliphatic heterocycles. The van der Waals surface area contributed by atoms with Crippen LogP contribution in [0.4, 0.5) is 10.1 Å². The van der Waals surface area contributed by atoms with E-state index in [1.807, 2.05) is 5.41 Å². The summed E-state index contributed by atoms with van der Waals surface area (Å²) in [6.07, 6.45) is 0. The second kappa shape index (κ2) is 6.02. The molecule has 9 heteroatoms. The van der Waals surface area contributed by atoms with E-state index in [4.69, 9.17) is 0 Å². The summed E-state index contributed by atoms with van der Waals surface area (Å²) in [4.78, 5) is 10.3. The average Bonchev–Trinajstić information content (AvgIpc) is 3.05. The summed E-state index contributed by atoms with van der Waals surface area (Å²) >= 11 is 1.36. The summed E-state index contributed by atoms with van der Waals surface area (Å²) in [7, 11) is 0. The van der Waals surface area contributed by atoms with Gasteiger partial charge < -0.3 is 0 Å². The molecule has 2 heterocycles. The first kappa shape index (κ1) is 15.3. The summed E-state index contributed by atoms with van der Waals surface area (Å²) < 4.78 is 15.1. The number of non-ortho nitro benzene ring substituents is 1. The lowest BCUT2D eigenvalue weighted by atomic mass is 10.1. The molecule has 0 aliphatic carbocycles. The summed E-state index contributed by atoms with van der Waals surface area (Å²) in [5.41, 5.74) is 5.31. The second-order valence-corrected chi connectivity index (χ2v) is 6.05. The van der Waals surface area contributed by atoms with Gasteiger partial charge in [0.05, 0.1) is 10.6 Å². The van der Waals surface area contributed by atoms with Crippen LogP contribution in [0, 0.1) is 15.9 Å². The van der Waals surface area contributed by atoms with E-state index in [2.05, 4.69) is 15.6 Å². The molecule has 0 amide bonds. The van der Waals surface area contributed by atoms with Crippen molar-refractivity contribution in [2.75, 3.05) is 5.43 Å². The van der Waals surface area contributed by atoms with Crippen LogP contribution >= 0.6 is 11.8 Å². The molecule has 1 N–H and O–H groups in total. The minimum atomic E-state index is -0.443. The Morgan fingerprint density at radius 3 is 2.64 bits per heavy atom. The molecule has 1 aliphatic rings. The third kappa shape index (κ3) is 2.85. The number of fused-ring (bicyclic) bond motifs is 1. The van der Waals surface area contributed by atoms with Crippen molar-refractivity contribution in [3.8, 4) is 11.4 Å². The number of halogens is 1. The van der Waals surface area contributed by atoms with Crippen LogP contribution in [0.5, 0.6) is 0 Å². The highest BCUT2D eigenvalue weighted by Gasteiger charge is 2.20. The minimum absolute atomic E-state index is 0.0262. The predicted octanol–water partition coefficient (Wildman–Crippen LogP) is 3.64. The maximum atomic E-state index is 13.5.